The van der Waals surface area contributed by atoms with Gasteiger partial charge in [-0.25, -0.2) is 4.68 Å². The van der Waals surface area contributed by atoms with E-state index in [9.17, 15) is 0 Å². The van der Waals surface area contributed by atoms with Gasteiger partial charge < -0.3 is 5.73 Å². The summed E-state index contributed by atoms with van der Waals surface area (Å²) in [5.41, 5.74) is 7.86. The number of aromatic nitrogens is 4. The molecule has 15 heavy (non-hydrogen) atoms. The number of nitrogens with zero attached hydrogens (tertiary/aromatic N) is 4. The van der Waals surface area contributed by atoms with Gasteiger partial charge in [-0.05, 0) is 22.9 Å². The number of rotatable bonds is 2. The molecule has 0 amide bonds. The van der Waals surface area contributed by atoms with Gasteiger partial charge in [0.05, 0.1) is 0 Å². The largest absolute Gasteiger partial charge is 0.324 e. The number of hydrogen-bond acceptors (Lipinski definition) is 4. The first-order valence-corrected chi connectivity index (χ1v) is 4.77. The molecule has 0 bridgehead atoms. The van der Waals surface area contributed by atoms with Crippen LogP contribution in [-0.4, -0.2) is 20.2 Å². The van der Waals surface area contributed by atoms with E-state index in [0.29, 0.717) is 0 Å². The summed E-state index contributed by atoms with van der Waals surface area (Å²) in [6, 6.07) is 8.00. The zero-order valence-corrected chi connectivity index (χ0v) is 8.75. The van der Waals surface area contributed by atoms with Gasteiger partial charge in [-0.1, -0.05) is 24.3 Å². The Balaban J connectivity index is 2.36. The third-order valence-corrected chi connectivity index (χ3v) is 2.31. The van der Waals surface area contributed by atoms with Crippen molar-refractivity contribution in [2.75, 3.05) is 0 Å². The van der Waals surface area contributed by atoms with E-state index in [0.717, 1.165) is 17.0 Å². The Bertz CT molecular complexity index is 443. The predicted octanol–water partition coefficient (Wildman–Crippen LogP) is 0.897. The molecule has 1 atom stereocenters. The maximum Gasteiger partial charge on any atom is 0.181 e. The van der Waals surface area contributed by atoms with Crippen molar-refractivity contribution in [2.24, 2.45) is 12.8 Å². The fraction of sp³-hybridized carbons (Fsp3) is 0.300. The number of nitrogens with two attached hydrogens (primary N) is 1. The van der Waals surface area contributed by atoms with Crippen molar-refractivity contribution in [3.8, 4) is 11.4 Å². The molecular weight excluding hydrogens is 190 g/mol. The lowest BCUT2D eigenvalue weighted by Gasteiger charge is -2.05. The molecule has 1 unspecified atom stereocenters. The van der Waals surface area contributed by atoms with E-state index in [1.165, 1.54) is 0 Å². The summed E-state index contributed by atoms with van der Waals surface area (Å²) in [6.07, 6.45) is 0. The Morgan fingerprint density at radius 3 is 2.40 bits per heavy atom. The lowest BCUT2D eigenvalue weighted by Crippen LogP contribution is -2.04. The van der Waals surface area contributed by atoms with Crippen molar-refractivity contribution in [2.45, 2.75) is 13.0 Å². The van der Waals surface area contributed by atoms with Crippen LogP contribution in [0.2, 0.25) is 0 Å². The minimum absolute atomic E-state index is 0.0525. The van der Waals surface area contributed by atoms with Gasteiger partial charge in [0.2, 0.25) is 0 Å². The molecule has 0 aliphatic rings. The van der Waals surface area contributed by atoms with Gasteiger partial charge in [-0.15, -0.1) is 5.10 Å². The number of hydrogen-bond donors (Lipinski definition) is 1. The van der Waals surface area contributed by atoms with Gasteiger partial charge in [0.15, 0.2) is 5.82 Å². The summed E-state index contributed by atoms with van der Waals surface area (Å²) in [4.78, 5) is 0. The smallest absolute Gasteiger partial charge is 0.181 e. The molecule has 0 aliphatic carbocycles. The molecule has 1 aromatic carbocycles. The fourth-order valence-corrected chi connectivity index (χ4v) is 1.41. The highest BCUT2D eigenvalue weighted by atomic mass is 15.5. The summed E-state index contributed by atoms with van der Waals surface area (Å²) in [5.74, 6) is 0.756. The molecule has 5 heteroatoms. The van der Waals surface area contributed by atoms with Crippen LogP contribution in [0.4, 0.5) is 0 Å². The van der Waals surface area contributed by atoms with E-state index >= 15 is 0 Å². The Morgan fingerprint density at radius 1 is 1.27 bits per heavy atom. The second-order valence-electron chi connectivity index (χ2n) is 3.54. The first kappa shape index (κ1) is 9.79. The van der Waals surface area contributed by atoms with Gasteiger partial charge >= 0.3 is 0 Å². The van der Waals surface area contributed by atoms with Crippen LogP contribution in [0.3, 0.4) is 0 Å². The lowest BCUT2D eigenvalue weighted by atomic mass is 10.1. The van der Waals surface area contributed by atoms with E-state index in [1.54, 1.807) is 4.68 Å². The average Bonchev–Trinajstić information content (AvgIpc) is 2.65. The molecule has 0 radical (unpaired) electrons. The molecule has 0 aliphatic heterocycles. The minimum Gasteiger partial charge on any atom is -0.324 e. The zero-order chi connectivity index (χ0) is 10.8. The van der Waals surface area contributed by atoms with Crippen LogP contribution in [0.5, 0.6) is 0 Å². The second kappa shape index (κ2) is 3.78. The maximum absolute atomic E-state index is 5.77. The molecular formula is C10H13N5. The molecule has 1 aromatic heterocycles. The first-order valence-electron chi connectivity index (χ1n) is 4.77. The molecule has 5 nitrogen and oxygen atoms in total. The Kier molecular flexibility index (Phi) is 2.47. The normalized spacial score (nSPS) is 12.7. The van der Waals surface area contributed by atoms with Crippen molar-refractivity contribution in [3.05, 3.63) is 29.8 Å². The van der Waals surface area contributed by atoms with Crippen molar-refractivity contribution < 1.29 is 0 Å². The van der Waals surface area contributed by atoms with Crippen molar-refractivity contribution >= 4 is 0 Å². The maximum atomic E-state index is 5.77. The highest BCUT2D eigenvalue weighted by Crippen LogP contribution is 2.17. The summed E-state index contributed by atoms with van der Waals surface area (Å²) < 4.78 is 1.64. The quantitative estimate of drug-likeness (QED) is 0.787. The van der Waals surface area contributed by atoms with Crippen LogP contribution in [0.1, 0.15) is 18.5 Å². The molecule has 0 spiro atoms. The van der Waals surface area contributed by atoms with Gasteiger partial charge in [0.25, 0.3) is 0 Å². The monoisotopic (exact) mass is 203 g/mol. The average molecular weight is 203 g/mol. The molecule has 0 saturated heterocycles. The summed E-state index contributed by atoms with van der Waals surface area (Å²) in [6.45, 7) is 1.96. The molecule has 2 aromatic rings. The highest BCUT2D eigenvalue weighted by Gasteiger charge is 2.06. The topological polar surface area (TPSA) is 69.6 Å². The van der Waals surface area contributed by atoms with Crippen molar-refractivity contribution in [1.82, 2.24) is 20.2 Å². The van der Waals surface area contributed by atoms with Crippen LogP contribution >= 0.6 is 0 Å². The number of aryl methyl sites for hydroxylation is 1. The molecule has 2 rings (SSSR count). The molecule has 0 fully saturated rings. The molecule has 1 heterocycles. The lowest BCUT2D eigenvalue weighted by molar-refractivity contribution is 0.714. The van der Waals surface area contributed by atoms with Gasteiger partial charge in [0.1, 0.15) is 0 Å². The number of tetrazole rings is 1. The summed E-state index contributed by atoms with van der Waals surface area (Å²) in [7, 11) is 1.81. The van der Waals surface area contributed by atoms with E-state index in [1.807, 2.05) is 38.2 Å². The first-order chi connectivity index (χ1) is 7.18. The van der Waals surface area contributed by atoms with Crippen LogP contribution in [0.15, 0.2) is 24.3 Å². The van der Waals surface area contributed by atoms with E-state index in [-0.39, 0.29) is 6.04 Å². The van der Waals surface area contributed by atoms with Crippen LogP contribution in [0, 0.1) is 0 Å². The predicted molar refractivity (Wildman–Crippen MR) is 56.8 cm³/mol. The third kappa shape index (κ3) is 1.87. The van der Waals surface area contributed by atoms with Crippen molar-refractivity contribution in [3.63, 3.8) is 0 Å². The SMILES string of the molecule is CC(N)c1ccc(-c2nnnn2C)cc1. The standard InChI is InChI=1S/C10H13N5/c1-7(11)8-3-5-9(6-4-8)10-12-13-14-15(10)2/h3-7H,11H2,1-2H3. The van der Waals surface area contributed by atoms with E-state index in [2.05, 4.69) is 15.5 Å². The van der Waals surface area contributed by atoms with Gasteiger partial charge in [-0.3, -0.25) is 0 Å². The summed E-state index contributed by atoms with van der Waals surface area (Å²) >= 11 is 0. The molecule has 78 valence electrons. The van der Waals surface area contributed by atoms with Crippen LogP contribution in [0.25, 0.3) is 11.4 Å². The highest BCUT2D eigenvalue weighted by molar-refractivity contribution is 5.54. The van der Waals surface area contributed by atoms with E-state index < -0.39 is 0 Å². The van der Waals surface area contributed by atoms with Gasteiger partial charge in [0, 0.05) is 18.7 Å². The molecule has 2 N–H and O–H groups in total. The Morgan fingerprint density at radius 2 is 1.93 bits per heavy atom. The second-order valence-corrected chi connectivity index (χ2v) is 3.54. The fourth-order valence-electron chi connectivity index (χ4n) is 1.41. The van der Waals surface area contributed by atoms with E-state index in [4.69, 9.17) is 5.73 Å². The minimum atomic E-state index is 0.0525. The van der Waals surface area contributed by atoms with Gasteiger partial charge in [-0.2, -0.15) is 0 Å². The Hall–Kier alpha value is -1.75. The molecule has 0 saturated carbocycles. The van der Waals surface area contributed by atoms with Crippen LogP contribution < -0.4 is 5.73 Å². The Labute approximate surface area is 87.9 Å². The summed E-state index contributed by atoms with van der Waals surface area (Å²) in [5, 5.41) is 11.3. The third-order valence-electron chi connectivity index (χ3n) is 2.31. The van der Waals surface area contributed by atoms with Crippen LogP contribution in [-0.2, 0) is 7.05 Å². The zero-order valence-electron chi connectivity index (χ0n) is 8.75. The number of benzene rings is 1. The van der Waals surface area contributed by atoms with Crippen molar-refractivity contribution in [1.29, 1.82) is 0 Å².